The Morgan fingerprint density at radius 3 is 3.00 bits per heavy atom. The van der Waals surface area contributed by atoms with Gasteiger partial charge in [-0.25, -0.2) is 0 Å². The Hall–Kier alpha value is -0.600. The van der Waals surface area contributed by atoms with Crippen LogP contribution >= 0.6 is 23.2 Å². The van der Waals surface area contributed by atoms with Gasteiger partial charge in [-0.15, -0.1) is 0 Å². The summed E-state index contributed by atoms with van der Waals surface area (Å²) in [5, 5.41) is 4.40. The van der Waals surface area contributed by atoms with Crippen LogP contribution in [0.5, 0.6) is 5.75 Å². The van der Waals surface area contributed by atoms with Crippen molar-refractivity contribution in [2.75, 3.05) is 11.9 Å². The van der Waals surface area contributed by atoms with E-state index in [2.05, 4.69) is 5.32 Å². The highest BCUT2D eigenvalue weighted by Gasteiger charge is 2.18. The molecule has 2 rings (SSSR count). The van der Waals surface area contributed by atoms with Gasteiger partial charge in [0, 0.05) is 11.1 Å². The predicted octanol–water partition coefficient (Wildman–Crippen LogP) is 3.19. The molecule has 2 nitrogen and oxygen atoms in total. The average Bonchev–Trinajstić information content (AvgIpc) is 2.02. The van der Waals surface area contributed by atoms with E-state index < -0.39 is 0 Å². The largest absolute Gasteiger partial charge is 0.487 e. The zero-order valence-corrected chi connectivity index (χ0v) is 8.62. The third-order valence-corrected chi connectivity index (χ3v) is 2.43. The Morgan fingerprint density at radius 1 is 1.46 bits per heavy atom. The first kappa shape index (κ1) is 8.97. The minimum atomic E-state index is 0.155. The molecular weight excluding hydrogens is 209 g/mol. The molecule has 0 fully saturated rings. The van der Waals surface area contributed by atoms with Crippen LogP contribution in [0, 0.1) is 0 Å². The van der Waals surface area contributed by atoms with Gasteiger partial charge in [0.15, 0.2) is 0 Å². The monoisotopic (exact) mass is 217 g/mol. The number of hydrogen-bond acceptors (Lipinski definition) is 2. The summed E-state index contributed by atoms with van der Waals surface area (Å²) in [5.74, 6) is 0.733. The van der Waals surface area contributed by atoms with E-state index in [1.54, 1.807) is 12.1 Å². The van der Waals surface area contributed by atoms with E-state index in [9.17, 15) is 0 Å². The van der Waals surface area contributed by atoms with Crippen LogP contribution in [0.3, 0.4) is 0 Å². The lowest BCUT2D eigenvalue weighted by Crippen LogP contribution is -2.27. The number of fused-ring (bicyclic) bond motifs is 1. The molecule has 0 radical (unpaired) electrons. The molecule has 0 saturated carbocycles. The van der Waals surface area contributed by atoms with E-state index in [4.69, 9.17) is 27.9 Å². The third-order valence-electron chi connectivity index (χ3n) is 1.91. The minimum Gasteiger partial charge on any atom is -0.487 e. The third kappa shape index (κ3) is 1.69. The molecule has 0 saturated heterocycles. The Balaban J connectivity index is 2.47. The number of hydrogen-bond donors (Lipinski definition) is 1. The first-order chi connectivity index (χ1) is 6.16. The molecule has 4 heteroatoms. The number of anilines is 1. The molecule has 0 aromatic heterocycles. The van der Waals surface area contributed by atoms with Crippen LogP contribution in [0.4, 0.5) is 5.69 Å². The van der Waals surface area contributed by atoms with Crippen LogP contribution in [0.15, 0.2) is 12.1 Å². The Morgan fingerprint density at radius 2 is 2.23 bits per heavy atom. The molecule has 1 unspecified atom stereocenters. The molecule has 0 spiro atoms. The summed E-state index contributed by atoms with van der Waals surface area (Å²) < 4.78 is 5.56. The minimum absolute atomic E-state index is 0.155. The van der Waals surface area contributed by atoms with E-state index in [-0.39, 0.29) is 6.10 Å². The maximum atomic E-state index is 5.97. The van der Waals surface area contributed by atoms with Gasteiger partial charge in [0.05, 0.1) is 17.3 Å². The molecule has 70 valence electrons. The number of rotatable bonds is 0. The van der Waals surface area contributed by atoms with Crippen molar-refractivity contribution in [3.05, 3.63) is 22.2 Å². The van der Waals surface area contributed by atoms with Gasteiger partial charge in [0.25, 0.3) is 0 Å². The number of ether oxygens (including phenoxy) is 1. The summed E-state index contributed by atoms with van der Waals surface area (Å²) in [7, 11) is 0. The highest BCUT2D eigenvalue weighted by atomic mass is 35.5. The first-order valence-corrected chi connectivity index (χ1v) is 4.82. The van der Waals surface area contributed by atoms with Crippen molar-refractivity contribution in [2.45, 2.75) is 13.0 Å². The van der Waals surface area contributed by atoms with E-state index >= 15 is 0 Å². The Bertz CT molecular complexity index is 341. The van der Waals surface area contributed by atoms with Gasteiger partial charge >= 0.3 is 0 Å². The van der Waals surface area contributed by atoms with E-state index in [1.807, 2.05) is 6.92 Å². The summed E-state index contributed by atoms with van der Waals surface area (Å²) in [6.07, 6.45) is 0.155. The molecule has 1 N–H and O–H groups in total. The van der Waals surface area contributed by atoms with Crippen molar-refractivity contribution in [1.29, 1.82) is 0 Å². The molecule has 1 aromatic rings. The molecule has 13 heavy (non-hydrogen) atoms. The summed E-state index contributed by atoms with van der Waals surface area (Å²) >= 11 is 11.8. The molecule has 1 aromatic carbocycles. The first-order valence-electron chi connectivity index (χ1n) is 4.06. The number of benzene rings is 1. The van der Waals surface area contributed by atoms with Gasteiger partial charge in [0.2, 0.25) is 0 Å². The Kier molecular flexibility index (Phi) is 2.26. The standard InChI is InChI=1S/C9H9Cl2NO/c1-5-4-12-9-7(11)2-6(10)3-8(9)13-5/h2-3,5,12H,4H2,1H3. The van der Waals surface area contributed by atoms with Crippen LogP contribution in [0.2, 0.25) is 10.0 Å². The second-order valence-corrected chi connectivity index (χ2v) is 3.91. The summed E-state index contributed by atoms with van der Waals surface area (Å²) in [6.45, 7) is 2.76. The van der Waals surface area contributed by atoms with Crippen LogP contribution in [-0.4, -0.2) is 12.6 Å². The van der Waals surface area contributed by atoms with Gasteiger partial charge in [0.1, 0.15) is 11.9 Å². The summed E-state index contributed by atoms with van der Waals surface area (Å²) in [4.78, 5) is 0. The maximum absolute atomic E-state index is 5.97. The SMILES string of the molecule is CC1CNc2c(Cl)cc(Cl)cc2O1. The predicted molar refractivity (Wildman–Crippen MR) is 55.0 cm³/mol. The van der Waals surface area contributed by atoms with Crippen LogP contribution in [0.25, 0.3) is 0 Å². The van der Waals surface area contributed by atoms with E-state index in [0.29, 0.717) is 10.0 Å². The average molecular weight is 218 g/mol. The quantitative estimate of drug-likeness (QED) is 0.721. The van der Waals surface area contributed by atoms with Crippen molar-refractivity contribution in [1.82, 2.24) is 0 Å². The molecule has 0 aliphatic carbocycles. The molecule has 1 atom stereocenters. The molecular formula is C9H9Cl2NO. The van der Waals surface area contributed by atoms with Crippen LogP contribution < -0.4 is 10.1 Å². The molecule has 1 aliphatic heterocycles. The highest BCUT2D eigenvalue weighted by molar-refractivity contribution is 6.36. The lowest BCUT2D eigenvalue weighted by atomic mass is 10.2. The molecule has 0 amide bonds. The second kappa shape index (κ2) is 3.28. The van der Waals surface area contributed by atoms with Gasteiger partial charge in [-0.1, -0.05) is 23.2 Å². The van der Waals surface area contributed by atoms with Crippen molar-refractivity contribution in [3.63, 3.8) is 0 Å². The zero-order valence-electron chi connectivity index (χ0n) is 7.10. The topological polar surface area (TPSA) is 21.3 Å². The molecule has 1 heterocycles. The fourth-order valence-electron chi connectivity index (χ4n) is 1.32. The summed E-state index contributed by atoms with van der Waals surface area (Å²) in [6, 6.07) is 3.47. The van der Waals surface area contributed by atoms with Gasteiger partial charge in [-0.2, -0.15) is 0 Å². The van der Waals surface area contributed by atoms with Crippen LogP contribution in [-0.2, 0) is 0 Å². The number of halogens is 2. The van der Waals surface area contributed by atoms with E-state index in [0.717, 1.165) is 18.0 Å². The van der Waals surface area contributed by atoms with Crippen LogP contribution in [0.1, 0.15) is 6.92 Å². The van der Waals surface area contributed by atoms with Gasteiger partial charge in [-0.05, 0) is 13.0 Å². The smallest absolute Gasteiger partial charge is 0.145 e. The summed E-state index contributed by atoms with van der Waals surface area (Å²) in [5.41, 5.74) is 0.837. The Labute approximate surface area is 86.8 Å². The van der Waals surface area contributed by atoms with Gasteiger partial charge < -0.3 is 10.1 Å². The highest BCUT2D eigenvalue weighted by Crippen LogP contribution is 2.38. The second-order valence-electron chi connectivity index (χ2n) is 3.07. The van der Waals surface area contributed by atoms with Crippen molar-refractivity contribution >= 4 is 28.9 Å². The normalized spacial score (nSPS) is 20.1. The van der Waals surface area contributed by atoms with E-state index in [1.165, 1.54) is 0 Å². The van der Waals surface area contributed by atoms with Crippen molar-refractivity contribution < 1.29 is 4.74 Å². The fraction of sp³-hybridized carbons (Fsp3) is 0.333. The maximum Gasteiger partial charge on any atom is 0.145 e. The number of nitrogens with one attached hydrogen (secondary N) is 1. The molecule has 0 bridgehead atoms. The van der Waals surface area contributed by atoms with Crippen molar-refractivity contribution in [3.8, 4) is 5.75 Å². The van der Waals surface area contributed by atoms with Gasteiger partial charge in [-0.3, -0.25) is 0 Å². The lowest BCUT2D eigenvalue weighted by Gasteiger charge is -2.25. The molecule has 1 aliphatic rings. The lowest BCUT2D eigenvalue weighted by molar-refractivity contribution is 0.226. The zero-order chi connectivity index (χ0) is 9.42. The van der Waals surface area contributed by atoms with Crippen molar-refractivity contribution in [2.24, 2.45) is 0 Å². The fourth-order valence-corrected chi connectivity index (χ4v) is 1.86.